The number of ether oxygens (including phenoxy) is 1. The molecule has 0 radical (unpaired) electrons. The topological polar surface area (TPSA) is 322 Å². The predicted molar refractivity (Wildman–Crippen MR) is 271 cm³/mol. The summed E-state index contributed by atoms with van der Waals surface area (Å²) >= 11 is 0. The Morgan fingerprint density at radius 3 is 1.86 bits per heavy atom. The SMILES string of the molecule is C/C(=C\[C@H](C(C)C)N(C)C(=O)[C@@H](NC(=O)[C@@H](N(C)C(=O)OCc1ccc(NC(=O)[C@H](CCCNC(N)=O)NC(=O)[C@@H](N)C(C)C)cc1)C(C)(C)c1ccccc1)C(C)(C)C)C(=O)N[C@H](CCC(=O)O)C(=O)O. The van der Waals surface area contributed by atoms with Crippen LogP contribution in [-0.4, -0.2) is 131 Å². The van der Waals surface area contributed by atoms with Gasteiger partial charge in [-0.2, -0.15) is 0 Å². The van der Waals surface area contributed by atoms with Crippen LogP contribution in [0.25, 0.3) is 0 Å². The monoisotopic (exact) mass is 1010 g/mol. The summed E-state index contributed by atoms with van der Waals surface area (Å²) in [6, 6.07) is 8.31. The molecule has 2 aromatic rings. The number of nitrogens with zero attached hydrogens (tertiary/aromatic N) is 2. The number of nitrogens with two attached hydrogens (primary N) is 2. The maximum Gasteiger partial charge on any atom is 0.410 e. The van der Waals surface area contributed by atoms with Crippen molar-refractivity contribution in [2.24, 2.45) is 28.7 Å². The Morgan fingerprint density at radius 2 is 1.35 bits per heavy atom. The molecule has 2 aromatic carbocycles. The first-order valence-electron chi connectivity index (χ1n) is 23.9. The zero-order chi connectivity index (χ0) is 54.8. The van der Waals surface area contributed by atoms with E-state index in [0.717, 1.165) is 0 Å². The molecule has 0 aliphatic heterocycles. The van der Waals surface area contributed by atoms with Gasteiger partial charge in [0.25, 0.3) is 0 Å². The van der Waals surface area contributed by atoms with Crippen molar-refractivity contribution in [1.29, 1.82) is 0 Å². The summed E-state index contributed by atoms with van der Waals surface area (Å²) in [7, 11) is 2.95. The number of hydrogen-bond donors (Lipinski definition) is 9. The number of carbonyl (C=O) groups excluding carboxylic acids is 7. The minimum absolute atomic E-state index is 0.0849. The summed E-state index contributed by atoms with van der Waals surface area (Å²) in [5, 5.41) is 31.8. The number of amides is 8. The van der Waals surface area contributed by atoms with Gasteiger partial charge in [0.2, 0.25) is 29.5 Å². The molecule has 2 rings (SSSR count). The third-order valence-corrected chi connectivity index (χ3v) is 12.2. The number of carboxylic acids is 2. The fourth-order valence-electron chi connectivity index (χ4n) is 7.74. The number of hydrogen-bond acceptors (Lipinski definition) is 11. The van der Waals surface area contributed by atoms with E-state index in [9.17, 15) is 48.3 Å². The molecule has 21 nitrogen and oxygen atoms in total. The van der Waals surface area contributed by atoms with Crippen molar-refractivity contribution >= 4 is 59.3 Å². The van der Waals surface area contributed by atoms with E-state index < -0.39 is 107 Å². The predicted octanol–water partition coefficient (Wildman–Crippen LogP) is 3.85. The first kappa shape index (κ1) is 61.1. The Balaban J connectivity index is 2.38. The molecule has 0 spiro atoms. The average Bonchev–Trinajstić information content (AvgIpc) is 3.30. The van der Waals surface area contributed by atoms with Crippen LogP contribution in [0.4, 0.5) is 15.3 Å². The second-order valence-corrected chi connectivity index (χ2v) is 20.2. The van der Waals surface area contributed by atoms with Gasteiger partial charge in [0.05, 0.1) is 12.1 Å². The molecule has 0 heterocycles. The van der Waals surface area contributed by atoms with Gasteiger partial charge < -0.3 is 57.9 Å². The van der Waals surface area contributed by atoms with E-state index in [0.29, 0.717) is 23.2 Å². The molecule has 398 valence electrons. The molecule has 0 bridgehead atoms. The molecule has 8 amide bonds. The second kappa shape index (κ2) is 27.5. The normalized spacial score (nSPS) is 14.3. The fraction of sp³-hybridized carbons (Fsp3) is 0.549. The highest BCUT2D eigenvalue weighted by Gasteiger charge is 2.45. The number of nitrogens with one attached hydrogen (secondary N) is 5. The lowest BCUT2D eigenvalue weighted by atomic mass is 9.76. The second-order valence-electron chi connectivity index (χ2n) is 20.2. The molecule has 0 fully saturated rings. The quantitative estimate of drug-likeness (QED) is 0.0478. The van der Waals surface area contributed by atoms with Gasteiger partial charge in [-0.25, -0.2) is 14.4 Å². The Labute approximate surface area is 422 Å². The number of primary amides is 1. The van der Waals surface area contributed by atoms with Crippen LogP contribution < -0.4 is 38.1 Å². The molecule has 0 aliphatic carbocycles. The van der Waals surface area contributed by atoms with Gasteiger partial charge in [-0.3, -0.25) is 33.7 Å². The number of carbonyl (C=O) groups is 9. The maximum absolute atomic E-state index is 14.8. The standard InChI is InChI=1S/C51H77N9O12/c1-29(2)37(27-31(5)42(63)57-36(47(68)69)24-25-38(61)62)59(11)46(67)40(50(6,7)8)58-45(66)41(51(9,10)33-17-14-13-15-18-33)60(12)49(71)72-28-32-20-22-34(23-21-32)55-43(64)35(19-16-26-54-48(53)70)56-44(65)39(52)30(3)4/h13-15,17-18,20-23,27,29-30,35-37,39-41H,16,19,24-26,28,52H2,1-12H3,(H,55,64)(H,56,65)(H,57,63)(H,58,66)(H,61,62)(H,68,69)(H3,53,54,70)/b31-27+/t35-,36+,37+,39-,40+,41+/m0/s1. The molecule has 0 aliphatic rings. The van der Waals surface area contributed by atoms with E-state index in [4.69, 9.17) is 21.3 Å². The summed E-state index contributed by atoms with van der Waals surface area (Å²) in [5.74, 6) is -6.05. The van der Waals surface area contributed by atoms with Crippen molar-refractivity contribution in [1.82, 2.24) is 31.1 Å². The van der Waals surface area contributed by atoms with E-state index in [1.54, 1.807) is 84.9 Å². The van der Waals surface area contributed by atoms with Crippen LogP contribution in [0.3, 0.4) is 0 Å². The van der Waals surface area contributed by atoms with Crippen molar-refractivity contribution in [3.8, 4) is 0 Å². The number of anilines is 1. The minimum atomic E-state index is -1.46. The molecule has 0 aromatic heterocycles. The van der Waals surface area contributed by atoms with E-state index in [2.05, 4.69) is 26.6 Å². The van der Waals surface area contributed by atoms with Crippen LogP contribution in [0.5, 0.6) is 0 Å². The van der Waals surface area contributed by atoms with Gasteiger partial charge in [-0.15, -0.1) is 0 Å². The number of aliphatic carboxylic acids is 2. The van der Waals surface area contributed by atoms with Crippen molar-refractivity contribution in [3.63, 3.8) is 0 Å². The van der Waals surface area contributed by atoms with Crippen LogP contribution >= 0.6 is 0 Å². The lowest BCUT2D eigenvalue weighted by Crippen LogP contribution is -2.63. The largest absolute Gasteiger partial charge is 0.481 e. The lowest BCUT2D eigenvalue weighted by molar-refractivity contribution is -0.142. The number of carboxylic acid groups (broad SMARTS) is 2. The molecule has 0 saturated heterocycles. The Bertz CT molecular complexity index is 2240. The number of likely N-dealkylation sites (N-methyl/N-ethyl adjacent to an activating group) is 2. The highest BCUT2D eigenvalue weighted by atomic mass is 16.6. The van der Waals surface area contributed by atoms with Crippen LogP contribution in [0, 0.1) is 17.3 Å². The van der Waals surface area contributed by atoms with Gasteiger partial charge in [0.15, 0.2) is 0 Å². The first-order valence-corrected chi connectivity index (χ1v) is 23.9. The van der Waals surface area contributed by atoms with Gasteiger partial charge in [0, 0.05) is 43.7 Å². The highest BCUT2D eigenvalue weighted by molar-refractivity contribution is 5.98. The number of benzene rings is 2. The maximum atomic E-state index is 14.8. The van der Waals surface area contributed by atoms with Crippen molar-refractivity contribution in [2.45, 2.75) is 143 Å². The van der Waals surface area contributed by atoms with Crippen LogP contribution in [0.1, 0.15) is 106 Å². The first-order chi connectivity index (χ1) is 33.4. The molecule has 6 atom stereocenters. The third-order valence-electron chi connectivity index (χ3n) is 12.2. The lowest BCUT2D eigenvalue weighted by Gasteiger charge is -2.42. The van der Waals surface area contributed by atoms with E-state index in [1.807, 2.05) is 32.0 Å². The Kier molecular flexibility index (Phi) is 23.4. The summed E-state index contributed by atoms with van der Waals surface area (Å²) < 4.78 is 5.75. The van der Waals surface area contributed by atoms with Crippen LogP contribution in [-0.2, 0) is 50.3 Å². The van der Waals surface area contributed by atoms with Crippen molar-refractivity contribution < 1.29 is 58.1 Å². The Hall–Kier alpha value is -7.03. The molecular formula is C51H77N9O12. The molecule has 0 saturated carbocycles. The molecular weight excluding hydrogens is 931 g/mol. The highest BCUT2D eigenvalue weighted by Crippen LogP contribution is 2.32. The van der Waals surface area contributed by atoms with Gasteiger partial charge in [-0.1, -0.05) is 111 Å². The van der Waals surface area contributed by atoms with Gasteiger partial charge >= 0.3 is 24.1 Å². The Morgan fingerprint density at radius 1 is 0.750 bits per heavy atom. The summed E-state index contributed by atoms with van der Waals surface area (Å²) in [6.07, 6.45) is 0.348. The number of urea groups is 1. The van der Waals surface area contributed by atoms with Gasteiger partial charge in [-0.05, 0) is 66.7 Å². The van der Waals surface area contributed by atoms with E-state index in [1.165, 1.54) is 36.9 Å². The molecule has 72 heavy (non-hydrogen) atoms. The molecule has 21 heteroatoms. The van der Waals surface area contributed by atoms with Crippen molar-refractivity contribution in [2.75, 3.05) is 26.0 Å². The van der Waals surface area contributed by atoms with Crippen LogP contribution in [0.15, 0.2) is 66.2 Å². The summed E-state index contributed by atoms with van der Waals surface area (Å²) in [6.45, 7) is 17.5. The summed E-state index contributed by atoms with van der Waals surface area (Å²) in [4.78, 5) is 119. The summed E-state index contributed by atoms with van der Waals surface area (Å²) in [5.41, 5.74) is 10.9. The average molecular weight is 1010 g/mol. The van der Waals surface area contributed by atoms with Crippen molar-refractivity contribution in [3.05, 3.63) is 77.4 Å². The van der Waals surface area contributed by atoms with E-state index in [-0.39, 0.29) is 43.4 Å². The fourth-order valence-corrected chi connectivity index (χ4v) is 7.74. The molecule has 11 N–H and O–H groups in total. The van der Waals surface area contributed by atoms with Gasteiger partial charge in [0.1, 0.15) is 30.8 Å². The zero-order valence-corrected chi connectivity index (χ0v) is 43.7. The van der Waals surface area contributed by atoms with E-state index >= 15 is 0 Å². The molecule has 0 unspecified atom stereocenters. The zero-order valence-electron chi connectivity index (χ0n) is 43.7. The smallest absolute Gasteiger partial charge is 0.410 e. The third kappa shape index (κ3) is 18.6. The minimum Gasteiger partial charge on any atom is -0.481 e. The van der Waals surface area contributed by atoms with Crippen LogP contribution in [0.2, 0.25) is 0 Å². The number of rotatable bonds is 26.